The predicted octanol–water partition coefficient (Wildman–Crippen LogP) is 1.57. The van der Waals surface area contributed by atoms with Crippen LogP contribution in [0.4, 0.5) is 4.39 Å². The molecule has 1 fully saturated rings. The summed E-state index contributed by atoms with van der Waals surface area (Å²) in [5.41, 5.74) is 0.375. The van der Waals surface area contributed by atoms with Gasteiger partial charge in [0.05, 0.1) is 11.0 Å². The Labute approximate surface area is 112 Å². The van der Waals surface area contributed by atoms with Crippen molar-refractivity contribution in [1.29, 1.82) is 0 Å². The van der Waals surface area contributed by atoms with E-state index in [4.69, 9.17) is 0 Å². The van der Waals surface area contributed by atoms with Gasteiger partial charge in [0, 0.05) is 6.54 Å². The summed E-state index contributed by atoms with van der Waals surface area (Å²) in [6.07, 6.45) is 2.04. The summed E-state index contributed by atoms with van der Waals surface area (Å²) in [4.78, 5) is 0.0846. The molecule has 0 heterocycles. The van der Waals surface area contributed by atoms with Crippen LogP contribution in [0.25, 0.3) is 0 Å². The van der Waals surface area contributed by atoms with Crippen LogP contribution in [-0.4, -0.2) is 26.2 Å². The van der Waals surface area contributed by atoms with Gasteiger partial charge in [-0.1, -0.05) is 6.42 Å². The molecule has 2 atom stereocenters. The highest BCUT2D eigenvalue weighted by atomic mass is 32.2. The lowest BCUT2D eigenvalue weighted by Crippen LogP contribution is -2.32. The Bertz CT molecular complexity index is 559. The molecule has 0 saturated heterocycles. The van der Waals surface area contributed by atoms with Crippen molar-refractivity contribution in [1.82, 2.24) is 4.72 Å². The minimum atomic E-state index is -3.65. The van der Waals surface area contributed by atoms with E-state index in [1.165, 1.54) is 12.1 Å². The Kier molecular flexibility index (Phi) is 4.23. The van der Waals surface area contributed by atoms with E-state index >= 15 is 0 Å². The minimum absolute atomic E-state index is 0.0319. The number of benzene rings is 1. The predicted molar refractivity (Wildman–Crippen MR) is 69.7 cm³/mol. The van der Waals surface area contributed by atoms with Crippen LogP contribution in [0, 0.1) is 18.7 Å². The Morgan fingerprint density at radius 1 is 1.42 bits per heavy atom. The third-order valence-electron chi connectivity index (χ3n) is 3.58. The minimum Gasteiger partial charge on any atom is -0.393 e. The molecule has 6 heteroatoms. The first-order chi connectivity index (χ1) is 8.90. The molecule has 0 aliphatic heterocycles. The van der Waals surface area contributed by atoms with E-state index < -0.39 is 21.9 Å². The fraction of sp³-hybridized carbons (Fsp3) is 0.538. The lowest BCUT2D eigenvalue weighted by Gasteiger charge is -2.16. The summed E-state index contributed by atoms with van der Waals surface area (Å²) in [7, 11) is -3.65. The molecule has 4 nitrogen and oxygen atoms in total. The quantitative estimate of drug-likeness (QED) is 0.883. The van der Waals surface area contributed by atoms with Crippen molar-refractivity contribution >= 4 is 10.0 Å². The van der Waals surface area contributed by atoms with Crippen molar-refractivity contribution < 1.29 is 17.9 Å². The van der Waals surface area contributed by atoms with Crippen LogP contribution < -0.4 is 4.72 Å². The first-order valence-electron chi connectivity index (χ1n) is 6.34. The largest absolute Gasteiger partial charge is 0.393 e. The molecule has 0 aromatic heterocycles. The zero-order chi connectivity index (χ0) is 14.0. The maximum atomic E-state index is 13.0. The second kappa shape index (κ2) is 5.56. The number of aryl methyl sites for hydroxylation is 1. The Hall–Kier alpha value is -0.980. The van der Waals surface area contributed by atoms with Crippen LogP contribution in [0.3, 0.4) is 0 Å². The zero-order valence-electron chi connectivity index (χ0n) is 10.8. The smallest absolute Gasteiger partial charge is 0.240 e. The summed E-state index contributed by atoms with van der Waals surface area (Å²) in [5, 5.41) is 9.66. The second-order valence-corrected chi connectivity index (χ2v) is 6.76. The van der Waals surface area contributed by atoms with Crippen molar-refractivity contribution in [2.75, 3.05) is 6.54 Å². The molecule has 2 unspecified atom stereocenters. The number of hydrogen-bond donors (Lipinski definition) is 2. The Morgan fingerprint density at radius 2 is 2.16 bits per heavy atom. The molecular weight excluding hydrogens is 269 g/mol. The molecule has 1 aromatic carbocycles. The molecule has 19 heavy (non-hydrogen) atoms. The molecule has 2 rings (SSSR count). The Morgan fingerprint density at radius 3 is 2.74 bits per heavy atom. The maximum Gasteiger partial charge on any atom is 0.240 e. The molecule has 0 bridgehead atoms. The highest BCUT2D eigenvalue weighted by Crippen LogP contribution is 2.25. The number of aliphatic hydroxyl groups is 1. The van der Waals surface area contributed by atoms with Crippen LogP contribution in [0.2, 0.25) is 0 Å². The van der Waals surface area contributed by atoms with Crippen molar-refractivity contribution in [2.45, 2.75) is 37.2 Å². The molecule has 1 aliphatic carbocycles. The van der Waals surface area contributed by atoms with Crippen molar-refractivity contribution in [3.8, 4) is 0 Å². The summed E-state index contributed by atoms with van der Waals surface area (Å²) >= 11 is 0. The van der Waals surface area contributed by atoms with Crippen LogP contribution >= 0.6 is 0 Å². The van der Waals surface area contributed by atoms with Gasteiger partial charge in [0.15, 0.2) is 0 Å². The molecule has 106 valence electrons. The van der Waals surface area contributed by atoms with Gasteiger partial charge in [-0.2, -0.15) is 0 Å². The monoisotopic (exact) mass is 287 g/mol. The average Bonchev–Trinajstić information content (AvgIpc) is 2.72. The third-order valence-corrected chi connectivity index (χ3v) is 5.16. The number of halogens is 1. The number of aliphatic hydroxyl groups excluding tert-OH is 1. The van der Waals surface area contributed by atoms with E-state index in [1.54, 1.807) is 6.92 Å². The highest BCUT2D eigenvalue weighted by molar-refractivity contribution is 7.89. The summed E-state index contributed by atoms with van der Waals surface area (Å²) in [6.45, 7) is 1.78. The van der Waals surface area contributed by atoms with Crippen molar-refractivity contribution in [3.05, 3.63) is 29.6 Å². The third kappa shape index (κ3) is 3.32. The number of rotatable bonds is 4. The SMILES string of the molecule is Cc1cc(F)ccc1S(=O)(=O)NCC1CCCC1O. The summed E-state index contributed by atoms with van der Waals surface area (Å²) in [5.74, 6) is -0.488. The lowest BCUT2D eigenvalue weighted by molar-refractivity contribution is 0.134. The first-order valence-corrected chi connectivity index (χ1v) is 7.82. The fourth-order valence-electron chi connectivity index (χ4n) is 2.46. The molecule has 1 aliphatic rings. The number of sulfonamides is 1. The van der Waals surface area contributed by atoms with E-state index in [-0.39, 0.29) is 17.4 Å². The van der Waals surface area contributed by atoms with Crippen molar-refractivity contribution in [2.24, 2.45) is 5.92 Å². The molecule has 2 N–H and O–H groups in total. The van der Waals surface area contributed by atoms with E-state index in [0.29, 0.717) is 5.56 Å². The fourth-order valence-corrected chi connectivity index (χ4v) is 3.78. The molecule has 1 saturated carbocycles. The van der Waals surface area contributed by atoms with Gasteiger partial charge in [-0.15, -0.1) is 0 Å². The van der Waals surface area contributed by atoms with Gasteiger partial charge in [-0.25, -0.2) is 17.5 Å². The lowest BCUT2D eigenvalue weighted by atomic mass is 10.1. The highest BCUT2D eigenvalue weighted by Gasteiger charge is 2.27. The van der Waals surface area contributed by atoms with Crippen LogP contribution in [0.5, 0.6) is 0 Å². The van der Waals surface area contributed by atoms with Crippen LogP contribution in [0.1, 0.15) is 24.8 Å². The number of hydrogen-bond acceptors (Lipinski definition) is 3. The van der Waals surface area contributed by atoms with Crippen LogP contribution in [-0.2, 0) is 10.0 Å². The molecule has 0 amide bonds. The van der Waals surface area contributed by atoms with E-state index in [1.807, 2.05) is 0 Å². The van der Waals surface area contributed by atoms with Crippen LogP contribution in [0.15, 0.2) is 23.1 Å². The molecule has 0 spiro atoms. The second-order valence-electron chi connectivity index (χ2n) is 5.02. The van der Waals surface area contributed by atoms with E-state index in [9.17, 15) is 17.9 Å². The summed E-state index contributed by atoms with van der Waals surface area (Å²) in [6, 6.07) is 3.59. The first kappa shape index (κ1) is 14.4. The molecule has 0 radical (unpaired) electrons. The Balaban J connectivity index is 2.09. The molecule has 1 aromatic rings. The zero-order valence-corrected chi connectivity index (χ0v) is 11.6. The maximum absolute atomic E-state index is 13.0. The van der Waals surface area contributed by atoms with Gasteiger partial charge in [-0.05, 0) is 49.4 Å². The average molecular weight is 287 g/mol. The van der Waals surface area contributed by atoms with Crippen molar-refractivity contribution in [3.63, 3.8) is 0 Å². The van der Waals surface area contributed by atoms with Gasteiger partial charge >= 0.3 is 0 Å². The van der Waals surface area contributed by atoms with Gasteiger partial charge in [0.25, 0.3) is 0 Å². The van der Waals surface area contributed by atoms with E-state index in [2.05, 4.69) is 4.72 Å². The topological polar surface area (TPSA) is 66.4 Å². The molecular formula is C13H18FNO3S. The van der Waals surface area contributed by atoms with Gasteiger partial charge in [-0.3, -0.25) is 0 Å². The standard InChI is InChI=1S/C13H18FNO3S/c1-9-7-11(14)5-6-13(9)19(17,18)15-8-10-3-2-4-12(10)16/h5-7,10,12,15-16H,2-4,8H2,1H3. The normalized spacial score (nSPS) is 23.7. The van der Waals surface area contributed by atoms with Gasteiger partial charge in [0.1, 0.15) is 5.82 Å². The van der Waals surface area contributed by atoms with Gasteiger partial charge in [0.2, 0.25) is 10.0 Å². The summed E-state index contributed by atoms with van der Waals surface area (Å²) < 4.78 is 39.7. The number of nitrogens with one attached hydrogen (secondary N) is 1. The van der Waals surface area contributed by atoms with Gasteiger partial charge < -0.3 is 5.11 Å². The van der Waals surface area contributed by atoms with E-state index in [0.717, 1.165) is 25.3 Å².